The molecule has 0 saturated heterocycles. The van der Waals surface area contributed by atoms with E-state index in [-0.39, 0.29) is 21.8 Å². The lowest BCUT2D eigenvalue weighted by atomic mass is 10.1. The third kappa shape index (κ3) is 4.54. The molecule has 3 rings (SSSR count). The van der Waals surface area contributed by atoms with Gasteiger partial charge in [0.1, 0.15) is 5.75 Å². The maximum absolute atomic E-state index is 13.3. The van der Waals surface area contributed by atoms with E-state index in [1.165, 1.54) is 38.4 Å². The number of rotatable bonds is 7. The number of anilines is 2. The Kier molecular flexibility index (Phi) is 6.45. The molecule has 9 nitrogen and oxygen atoms in total. The second-order valence-corrected chi connectivity index (χ2v) is 8.82. The summed E-state index contributed by atoms with van der Waals surface area (Å²) < 4.78 is 32.6. The highest BCUT2D eigenvalue weighted by atomic mass is 32.2. The van der Waals surface area contributed by atoms with Crippen LogP contribution in [0.2, 0.25) is 0 Å². The third-order valence-electron chi connectivity index (χ3n) is 4.86. The maximum Gasteiger partial charge on any atom is 0.270 e. The number of nitro benzene ring substituents is 1. The van der Waals surface area contributed by atoms with Crippen molar-refractivity contribution in [3.63, 3.8) is 0 Å². The molecule has 0 fully saturated rings. The van der Waals surface area contributed by atoms with E-state index in [0.29, 0.717) is 17.0 Å². The summed E-state index contributed by atoms with van der Waals surface area (Å²) in [4.78, 5) is 23.2. The quantitative estimate of drug-likeness (QED) is 0.425. The molecule has 0 aromatic heterocycles. The van der Waals surface area contributed by atoms with E-state index in [1.54, 1.807) is 43.3 Å². The Morgan fingerprint density at radius 2 is 1.72 bits per heavy atom. The Morgan fingerprint density at radius 3 is 2.34 bits per heavy atom. The van der Waals surface area contributed by atoms with Gasteiger partial charge in [-0.1, -0.05) is 18.2 Å². The van der Waals surface area contributed by atoms with Gasteiger partial charge in [0.15, 0.2) is 0 Å². The Labute approximate surface area is 185 Å². The van der Waals surface area contributed by atoms with Crippen LogP contribution in [0.4, 0.5) is 17.1 Å². The summed E-state index contributed by atoms with van der Waals surface area (Å²) in [6.07, 6.45) is 0. The fraction of sp³-hybridized carbons (Fsp3) is 0.136. The smallest absolute Gasteiger partial charge is 0.270 e. The van der Waals surface area contributed by atoms with Crippen LogP contribution in [-0.2, 0) is 10.0 Å². The first-order valence-electron chi connectivity index (χ1n) is 9.43. The molecule has 166 valence electrons. The molecular weight excluding hydrogens is 434 g/mol. The number of benzene rings is 3. The lowest BCUT2D eigenvalue weighted by Gasteiger charge is -2.23. The number of nitro groups is 1. The Hall–Kier alpha value is -3.92. The van der Waals surface area contributed by atoms with Gasteiger partial charge in [-0.3, -0.25) is 19.2 Å². The van der Waals surface area contributed by atoms with Gasteiger partial charge in [0.2, 0.25) is 0 Å². The summed E-state index contributed by atoms with van der Waals surface area (Å²) in [7, 11) is -1.35. The lowest BCUT2D eigenvalue weighted by molar-refractivity contribution is -0.385. The van der Waals surface area contributed by atoms with Crippen molar-refractivity contribution in [2.75, 3.05) is 23.8 Å². The molecule has 1 N–H and O–H groups in total. The molecule has 0 radical (unpaired) electrons. The number of carbonyl (C=O) groups excluding carboxylic acids is 1. The van der Waals surface area contributed by atoms with Crippen LogP contribution >= 0.6 is 0 Å². The molecule has 0 aliphatic rings. The molecule has 3 aromatic carbocycles. The number of methoxy groups -OCH3 is 1. The predicted octanol–water partition coefficient (Wildman–Crippen LogP) is 3.99. The summed E-state index contributed by atoms with van der Waals surface area (Å²) in [6.45, 7) is 1.55. The number of non-ortho nitro benzene ring substituents is 1. The molecule has 10 heteroatoms. The second-order valence-electron chi connectivity index (χ2n) is 6.88. The maximum atomic E-state index is 13.3. The van der Waals surface area contributed by atoms with Gasteiger partial charge in [-0.15, -0.1) is 0 Å². The molecule has 0 unspecified atom stereocenters. The summed E-state index contributed by atoms with van der Waals surface area (Å²) >= 11 is 0. The fourth-order valence-corrected chi connectivity index (χ4v) is 4.53. The highest BCUT2D eigenvalue weighted by Crippen LogP contribution is 2.30. The molecule has 32 heavy (non-hydrogen) atoms. The van der Waals surface area contributed by atoms with Gasteiger partial charge >= 0.3 is 0 Å². The number of hydrogen-bond donors (Lipinski definition) is 1. The molecule has 0 saturated carbocycles. The number of sulfonamides is 1. The average Bonchev–Trinajstić information content (AvgIpc) is 2.79. The average molecular weight is 455 g/mol. The van der Waals surface area contributed by atoms with E-state index in [1.807, 2.05) is 0 Å². The standard InChI is InChI=1S/C22H21N3O6S/c1-15-8-11-17(25(27)28)14-21(15)32(29,30)24(2)20-7-5-4-6-19(20)22(26)23-16-9-12-18(31-3)13-10-16/h4-14H,1-3H3,(H,23,26). The summed E-state index contributed by atoms with van der Waals surface area (Å²) in [5.41, 5.74) is 0.767. The molecule has 0 spiro atoms. The van der Waals surface area contributed by atoms with Crippen molar-refractivity contribution in [3.05, 3.63) is 88.0 Å². The van der Waals surface area contributed by atoms with Crippen molar-refractivity contribution in [2.24, 2.45) is 0 Å². The van der Waals surface area contributed by atoms with Crippen LogP contribution in [-0.4, -0.2) is 33.4 Å². The Bertz CT molecular complexity index is 1270. The van der Waals surface area contributed by atoms with E-state index in [9.17, 15) is 23.3 Å². The molecular formula is C22H21N3O6S. The van der Waals surface area contributed by atoms with Gasteiger partial charge in [0.05, 0.1) is 28.2 Å². The molecule has 0 bridgehead atoms. The minimum Gasteiger partial charge on any atom is -0.497 e. The van der Waals surface area contributed by atoms with E-state index >= 15 is 0 Å². The summed E-state index contributed by atoms with van der Waals surface area (Å²) in [6, 6.07) is 16.5. The van der Waals surface area contributed by atoms with Gasteiger partial charge in [-0.05, 0) is 48.9 Å². The molecule has 0 atom stereocenters. The summed E-state index contributed by atoms with van der Waals surface area (Å²) in [5.74, 6) is 0.116. The van der Waals surface area contributed by atoms with Crippen molar-refractivity contribution in [3.8, 4) is 5.75 Å². The van der Waals surface area contributed by atoms with Crippen molar-refractivity contribution in [1.29, 1.82) is 0 Å². The van der Waals surface area contributed by atoms with Crippen LogP contribution in [0.1, 0.15) is 15.9 Å². The molecule has 0 heterocycles. The number of para-hydroxylation sites is 1. The second kappa shape index (κ2) is 9.06. The number of hydrogen-bond acceptors (Lipinski definition) is 6. The van der Waals surface area contributed by atoms with Gasteiger partial charge in [0, 0.05) is 24.9 Å². The van der Waals surface area contributed by atoms with Crippen LogP contribution in [0.5, 0.6) is 5.75 Å². The predicted molar refractivity (Wildman–Crippen MR) is 121 cm³/mol. The SMILES string of the molecule is COc1ccc(NC(=O)c2ccccc2N(C)S(=O)(=O)c2cc([N+](=O)[O-])ccc2C)cc1. The number of amides is 1. The van der Waals surface area contributed by atoms with E-state index in [0.717, 1.165) is 10.4 Å². The highest BCUT2D eigenvalue weighted by molar-refractivity contribution is 7.92. The number of carbonyl (C=O) groups is 1. The molecule has 3 aromatic rings. The van der Waals surface area contributed by atoms with Crippen LogP contribution in [0.15, 0.2) is 71.6 Å². The van der Waals surface area contributed by atoms with Crippen molar-refractivity contribution in [2.45, 2.75) is 11.8 Å². The largest absolute Gasteiger partial charge is 0.497 e. The Morgan fingerprint density at radius 1 is 1.06 bits per heavy atom. The van der Waals surface area contributed by atoms with Gasteiger partial charge in [0.25, 0.3) is 21.6 Å². The van der Waals surface area contributed by atoms with Crippen LogP contribution in [0.3, 0.4) is 0 Å². The minimum absolute atomic E-state index is 0.123. The van der Waals surface area contributed by atoms with Gasteiger partial charge in [-0.25, -0.2) is 8.42 Å². The first-order valence-corrected chi connectivity index (χ1v) is 10.9. The molecule has 1 amide bonds. The summed E-state index contributed by atoms with van der Waals surface area (Å²) in [5, 5.41) is 13.9. The fourth-order valence-electron chi connectivity index (χ4n) is 3.07. The first kappa shape index (κ1) is 22.8. The number of nitrogens with one attached hydrogen (secondary N) is 1. The van der Waals surface area contributed by atoms with E-state index in [2.05, 4.69) is 5.32 Å². The van der Waals surface area contributed by atoms with Crippen LogP contribution in [0, 0.1) is 17.0 Å². The zero-order valence-corrected chi connectivity index (χ0v) is 18.4. The van der Waals surface area contributed by atoms with Crippen LogP contribution in [0.25, 0.3) is 0 Å². The van der Waals surface area contributed by atoms with Gasteiger partial charge < -0.3 is 10.1 Å². The van der Waals surface area contributed by atoms with E-state index in [4.69, 9.17) is 4.74 Å². The van der Waals surface area contributed by atoms with Crippen molar-refractivity contribution in [1.82, 2.24) is 0 Å². The Balaban J connectivity index is 1.97. The number of nitrogens with zero attached hydrogens (tertiary/aromatic N) is 2. The minimum atomic E-state index is -4.18. The van der Waals surface area contributed by atoms with Crippen LogP contribution < -0.4 is 14.4 Å². The lowest BCUT2D eigenvalue weighted by Crippen LogP contribution is -2.29. The normalized spacial score (nSPS) is 11.0. The molecule has 0 aliphatic carbocycles. The zero-order chi connectivity index (χ0) is 23.5. The van der Waals surface area contributed by atoms with Crippen molar-refractivity contribution >= 4 is 33.0 Å². The number of ether oxygens (including phenoxy) is 1. The topological polar surface area (TPSA) is 119 Å². The third-order valence-corrected chi connectivity index (χ3v) is 6.77. The van der Waals surface area contributed by atoms with Gasteiger partial charge in [-0.2, -0.15) is 0 Å². The van der Waals surface area contributed by atoms with Crippen molar-refractivity contribution < 1.29 is 22.9 Å². The number of aryl methyl sites for hydroxylation is 1. The highest BCUT2D eigenvalue weighted by Gasteiger charge is 2.28. The van der Waals surface area contributed by atoms with E-state index < -0.39 is 20.9 Å². The zero-order valence-electron chi connectivity index (χ0n) is 17.6. The first-order chi connectivity index (χ1) is 15.1. The monoisotopic (exact) mass is 455 g/mol. The molecule has 0 aliphatic heterocycles.